The van der Waals surface area contributed by atoms with Crippen molar-refractivity contribution in [2.24, 2.45) is 0 Å². The smallest absolute Gasteiger partial charge is 0.255 e. The van der Waals surface area contributed by atoms with Gasteiger partial charge in [-0.05, 0) is 35.7 Å². The van der Waals surface area contributed by atoms with Crippen LogP contribution in [0.5, 0.6) is 11.5 Å². The SMILES string of the molecule is CC(C)c1ccccc1NC(=O)c1ccc(O)c(O)c1. The van der Waals surface area contributed by atoms with Crippen LogP contribution in [-0.2, 0) is 0 Å². The maximum Gasteiger partial charge on any atom is 0.255 e. The van der Waals surface area contributed by atoms with Crippen molar-refractivity contribution in [1.82, 2.24) is 0 Å². The maximum absolute atomic E-state index is 12.1. The number of carbonyl (C=O) groups excluding carboxylic acids is 1. The Morgan fingerprint density at radius 3 is 2.40 bits per heavy atom. The highest BCUT2D eigenvalue weighted by Gasteiger charge is 2.12. The van der Waals surface area contributed by atoms with Gasteiger partial charge in [0.1, 0.15) is 0 Å². The van der Waals surface area contributed by atoms with Gasteiger partial charge in [-0.2, -0.15) is 0 Å². The van der Waals surface area contributed by atoms with E-state index in [0.29, 0.717) is 11.5 Å². The molecule has 0 heterocycles. The summed E-state index contributed by atoms with van der Waals surface area (Å²) in [6, 6.07) is 11.6. The summed E-state index contributed by atoms with van der Waals surface area (Å²) in [6.07, 6.45) is 0. The quantitative estimate of drug-likeness (QED) is 0.749. The summed E-state index contributed by atoms with van der Waals surface area (Å²) < 4.78 is 0. The Morgan fingerprint density at radius 2 is 1.75 bits per heavy atom. The number of phenolic OH excluding ortho intramolecular Hbond substituents is 2. The minimum absolute atomic E-state index is 0.246. The molecule has 0 aliphatic carbocycles. The molecular formula is C16H17NO3. The van der Waals surface area contributed by atoms with Crippen LogP contribution in [0.1, 0.15) is 35.7 Å². The highest BCUT2D eigenvalue weighted by Crippen LogP contribution is 2.27. The van der Waals surface area contributed by atoms with E-state index >= 15 is 0 Å². The van der Waals surface area contributed by atoms with Crippen molar-refractivity contribution in [3.8, 4) is 11.5 Å². The molecule has 2 rings (SSSR count). The van der Waals surface area contributed by atoms with E-state index in [1.54, 1.807) is 0 Å². The summed E-state index contributed by atoms with van der Waals surface area (Å²) in [5.74, 6) is -0.591. The van der Waals surface area contributed by atoms with Crippen molar-refractivity contribution in [3.63, 3.8) is 0 Å². The molecule has 2 aromatic carbocycles. The molecule has 0 saturated carbocycles. The Labute approximate surface area is 117 Å². The van der Waals surface area contributed by atoms with Crippen LogP contribution in [-0.4, -0.2) is 16.1 Å². The Balaban J connectivity index is 2.26. The number of hydrogen-bond donors (Lipinski definition) is 3. The molecule has 0 saturated heterocycles. The summed E-state index contributed by atoms with van der Waals surface area (Å²) in [4.78, 5) is 12.1. The highest BCUT2D eigenvalue weighted by atomic mass is 16.3. The van der Waals surface area contributed by atoms with Crippen molar-refractivity contribution in [3.05, 3.63) is 53.6 Å². The van der Waals surface area contributed by atoms with Gasteiger partial charge in [-0.3, -0.25) is 4.79 Å². The summed E-state index contributed by atoms with van der Waals surface area (Å²) in [5.41, 5.74) is 2.09. The van der Waals surface area contributed by atoms with E-state index in [9.17, 15) is 15.0 Å². The van der Waals surface area contributed by atoms with Crippen LogP contribution in [0.3, 0.4) is 0 Å². The molecule has 4 nitrogen and oxygen atoms in total. The van der Waals surface area contributed by atoms with Crippen LogP contribution < -0.4 is 5.32 Å². The molecule has 1 amide bonds. The van der Waals surface area contributed by atoms with Crippen molar-refractivity contribution in [1.29, 1.82) is 0 Å². The third-order valence-corrected chi connectivity index (χ3v) is 3.07. The van der Waals surface area contributed by atoms with Crippen molar-refractivity contribution in [2.45, 2.75) is 19.8 Å². The van der Waals surface area contributed by atoms with Crippen LogP contribution >= 0.6 is 0 Å². The van der Waals surface area contributed by atoms with Crippen LogP contribution in [0.2, 0.25) is 0 Å². The van der Waals surface area contributed by atoms with E-state index in [4.69, 9.17) is 0 Å². The number of hydrogen-bond acceptors (Lipinski definition) is 3. The predicted molar refractivity (Wildman–Crippen MR) is 78.3 cm³/mol. The molecule has 3 N–H and O–H groups in total. The number of phenols is 2. The second kappa shape index (κ2) is 5.65. The van der Waals surface area contributed by atoms with E-state index in [-0.39, 0.29) is 17.4 Å². The zero-order valence-corrected chi connectivity index (χ0v) is 11.4. The van der Waals surface area contributed by atoms with Crippen LogP contribution in [0.4, 0.5) is 5.69 Å². The first kappa shape index (κ1) is 13.9. The monoisotopic (exact) mass is 271 g/mol. The first-order valence-corrected chi connectivity index (χ1v) is 6.41. The van der Waals surface area contributed by atoms with Gasteiger partial charge in [0, 0.05) is 11.3 Å². The number of nitrogens with one attached hydrogen (secondary N) is 1. The lowest BCUT2D eigenvalue weighted by atomic mass is 10.0. The number of benzene rings is 2. The maximum atomic E-state index is 12.1. The lowest BCUT2D eigenvalue weighted by Gasteiger charge is -2.13. The molecule has 20 heavy (non-hydrogen) atoms. The number of rotatable bonds is 3. The predicted octanol–water partition coefficient (Wildman–Crippen LogP) is 3.47. The third-order valence-electron chi connectivity index (χ3n) is 3.07. The van der Waals surface area contributed by atoms with Gasteiger partial charge in [0.2, 0.25) is 0 Å². The van der Waals surface area contributed by atoms with E-state index < -0.39 is 0 Å². The first-order chi connectivity index (χ1) is 9.49. The van der Waals surface area contributed by atoms with Crippen molar-refractivity contribution in [2.75, 3.05) is 5.32 Å². The van der Waals surface area contributed by atoms with Gasteiger partial charge in [-0.1, -0.05) is 32.0 Å². The topological polar surface area (TPSA) is 69.6 Å². The summed E-state index contributed by atoms with van der Waals surface area (Å²) >= 11 is 0. The van der Waals surface area contributed by atoms with E-state index in [0.717, 1.165) is 11.3 Å². The number of aromatic hydroxyl groups is 2. The number of para-hydroxylation sites is 1. The third kappa shape index (κ3) is 2.91. The Hall–Kier alpha value is -2.49. The van der Waals surface area contributed by atoms with E-state index in [2.05, 4.69) is 19.2 Å². The minimum atomic E-state index is -0.326. The number of amides is 1. The summed E-state index contributed by atoms with van der Waals surface area (Å²) in [6.45, 7) is 4.11. The highest BCUT2D eigenvalue weighted by molar-refractivity contribution is 6.05. The minimum Gasteiger partial charge on any atom is -0.504 e. The molecule has 0 bridgehead atoms. The molecule has 0 spiro atoms. The molecule has 0 fully saturated rings. The normalized spacial score (nSPS) is 10.6. The molecule has 0 radical (unpaired) electrons. The standard InChI is InChI=1S/C16H17NO3/c1-10(2)12-5-3-4-6-13(12)17-16(20)11-7-8-14(18)15(19)9-11/h3-10,18-19H,1-2H3,(H,17,20). The largest absolute Gasteiger partial charge is 0.504 e. The molecule has 104 valence electrons. The molecule has 0 aliphatic heterocycles. The Kier molecular flexibility index (Phi) is 3.94. The number of carbonyl (C=O) groups is 1. The van der Waals surface area contributed by atoms with Crippen molar-refractivity contribution < 1.29 is 15.0 Å². The average Bonchev–Trinajstić information content (AvgIpc) is 2.42. The fraction of sp³-hybridized carbons (Fsp3) is 0.188. The van der Waals surface area contributed by atoms with Gasteiger partial charge < -0.3 is 15.5 Å². The number of anilines is 1. The first-order valence-electron chi connectivity index (χ1n) is 6.41. The summed E-state index contributed by atoms with van der Waals surface area (Å²) in [5, 5.41) is 21.5. The van der Waals surface area contributed by atoms with Crippen LogP contribution in [0, 0.1) is 0 Å². The van der Waals surface area contributed by atoms with Gasteiger partial charge in [0.15, 0.2) is 11.5 Å². The molecule has 0 aromatic heterocycles. The van der Waals surface area contributed by atoms with Crippen LogP contribution in [0.25, 0.3) is 0 Å². The average molecular weight is 271 g/mol. The fourth-order valence-electron chi connectivity index (χ4n) is 1.97. The van der Waals surface area contributed by atoms with Gasteiger partial charge >= 0.3 is 0 Å². The molecule has 4 heteroatoms. The zero-order chi connectivity index (χ0) is 14.7. The molecule has 2 aromatic rings. The summed E-state index contributed by atoms with van der Waals surface area (Å²) in [7, 11) is 0. The second-order valence-electron chi connectivity index (χ2n) is 4.90. The lowest BCUT2D eigenvalue weighted by Crippen LogP contribution is -2.13. The molecule has 0 atom stereocenters. The second-order valence-corrected chi connectivity index (χ2v) is 4.90. The zero-order valence-electron chi connectivity index (χ0n) is 11.4. The fourth-order valence-corrected chi connectivity index (χ4v) is 1.97. The molecule has 0 aliphatic rings. The molecule has 0 unspecified atom stereocenters. The molecular weight excluding hydrogens is 254 g/mol. The Morgan fingerprint density at radius 1 is 1.05 bits per heavy atom. The van der Waals surface area contributed by atoms with Crippen LogP contribution in [0.15, 0.2) is 42.5 Å². The van der Waals surface area contributed by atoms with E-state index in [1.807, 2.05) is 24.3 Å². The van der Waals surface area contributed by atoms with Gasteiger partial charge in [0.25, 0.3) is 5.91 Å². The lowest BCUT2D eigenvalue weighted by molar-refractivity contribution is 0.102. The van der Waals surface area contributed by atoms with E-state index in [1.165, 1.54) is 18.2 Å². The van der Waals surface area contributed by atoms with Gasteiger partial charge in [-0.25, -0.2) is 0 Å². The van der Waals surface area contributed by atoms with Crippen molar-refractivity contribution >= 4 is 11.6 Å². The Bertz CT molecular complexity index is 635. The van der Waals surface area contributed by atoms with Gasteiger partial charge in [-0.15, -0.1) is 0 Å². The van der Waals surface area contributed by atoms with Gasteiger partial charge in [0.05, 0.1) is 0 Å².